The van der Waals surface area contributed by atoms with Crippen LogP contribution in [-0.2, 0) is 0 Å². The number of halogens is 1. The van der Waals surface area contributed by atoms with Gasteiger partial charge in [-0.3, -0.25) is 5.32 Å². The van der Waals surface area contributed by atoms with Crippen LogP contribution in [-0.4, -0.2) is 17.2 Å². The van der Waals surface area contributed by atoms with E-state index < -0.39 is 12.1 Å². The Hall–Kier alpha value is -2.53. The number of nitrogens with one attached hydrogen (secondary N) is 1. The molecule has 0 aliphatic carbocycles. The normalized spacial score (nSPS) is 9.85. The van der Waals surface area contributed by atoms with E-state index in [0.717, 1.165) is 0 Å². The van der Waals surface area contributed by atoms with E-state index in [1.807, 2.05) is 0 Å². The minimum absolute atomic E-state index is 0.0337. The smallest absolute Gasteiger partial charge is 0.417 e. The molecule has 5 nitrogen and oxygen atoms in total. The second-order valence-electron chi connectivity index (χ2n) is 3.83. The summed E-state index contributed by atoms with van der Waals surface area (Å²) in [6.07, 6.45) is -0.685. The van der Waals surface area contributed by atoms with Crippen molar-refractivity contribution in [3.63, 3.8) is 0 Å². The average molecular weight is 292 g/mol. The molecule has 2 rings (SSSR count). The van der Waals surface area contributed by atoms with Gasteiger partial charge in [0.25, 0.3) is 0 Å². The molecule has 0 saturated heterocycles. The topological polar surface area (TPSA) is 75.6 Å². The van der Waals surface area contributed by atoms with E-state index in [2.05, 4.69) is 5.32 Å². The highest BCUT2D eigenvalue weighted by Crippen LogP contribution is 2.21. The average Bonchev–Trinajstić information content (AvgIpc) is 2.39. The minimum Gasteiger partial charge on any atom is -0.478 e. The lowest BCUT2D eigenvalue weighted by Crippen LogP contribution is -2.16. The van der Waals surface area contributed by atoms with Crippen LogP contribution in [0.2, 0.25) is 5.02 Å². The number of carboxylic acid groups (broad SMARTS) is 1. The zero-order chi connectivity index (χ0) is 14.5. The van der Waals surface area contributed by atoms with E-state index in [9.17, 15) is 9.59 Å². The second kappa shape index (κ2) is 6.08. The van der Waals surface area contributed by atoms with Crippen molar-refractivity contribution in [2.75, 3.05) is 5.32 Å². The van der Waals surface area contributed by atoms with E-state index in [-0.39, 0.29) is 10.6 Å². The van der Waals surface area contributed by atoms with Crippen molar-refractivity contribution in [2.24, 2.45) is 0 Å². The number of aromatic carboxylic acids is 1. The molecule has 0 aliphatic rings. The Balaban J connectivity index is 2.05. The summed E-state index contributed by atoms with van der Waals surface area (Å²) >= 11 is 5.80. The summed E-state index contributed by atoms with van der Waals surface area (Å²) in [7, 11) is 0. The summed E-state index contributed by atoms with van der Waals surface area (Å²) in [5.74, 6) is -0.730. The van der Waals surface area contributed by atoms with Crippen LogP contribution in [0.1, 0.15) is 10.4 Å². The van der Waals surface area contributed by atoms with E-state index in [4.69, 9.17) is 21.4 Å². The standard InChI is InChI=1S/C14H10ClNO4/c15-12-8-9(6-7-11(12)13(17)18)16-14(19)20-10-4-2-1-3-5-10/h1-8H,(H,16,19)(H,17,18). The summed E-state index contributed by atoms with van der Waals surface area (Å²) in [6.45, 7) is 0. The molecular weight excluding hydrogens is 282 g/mol. The predicted octanol–water partition coefficient (Wildman–Crippen LogP) is 3.65. The van der Waals surface area contributed by atoms with Crippen molar-refractivity contribution in [1.29, 1.82) is 0 Å². The highest BCUT2D eigenvalue weighted by Gasteiger charge is 2.11. The van der Waals surface area contributed by atoms with Gasteiger partial charge in [-0.05, 0) is 30.3 Å². The maximum Gasteiger partial charge on any atom is 0.417 e. The quantitative estimate of drug-likeness (QED) is 0.905. The third kappa shape index (κ3) is 3.49. The maximum atomic E-state index is 11.6. The van der Waals surface area contributed by atoms with Crippen molar-refractivity contribution < 1.29 is 19.4 Å². The van der Waals surface area contributed by atoms with Gasteiger partial charge in [-0.1, -0.05) is 29.8 Å². The molecule has 0 radical (unpaired) electrons. The molecular formula is C14H10ClNO4. The number of amides is 1. The second-order valence-corrected chi connectivity index (χ2v) is 4.23. The lowest BCUT2D eigenvalue weighted by atomic mass is 10.2. The number of hydrogen-bond acceptors (Lipinski definition) is 3. The fraction of sp³-hybridized carbons (Fsp3) is 0. The molecule has 2 aromatic carbocycles. The highest BCUT2D eigenvalue weighted by atomic mass is 35.5. The van der Waals surface area contributed by atoms with Gasteiger partial charge in [-0.2, -0.15) is 0 Å². The molecule has 0 aliphatic heterocycles. The molecule has 0 unspecified atom stereocenters. The van der Waals surface area contributed by atoms with Crippen LogP contribution in [0.5, 0.6) is 5.75 Å². The van der Waals surface area contributed by atoms with Gasteiger partial charge < -0.3 is 9.84 Å². The lowest BCUT2D eigenvalue weighted by molar-refractivity contribution is 0.0697. The zero-order valence-corrected chi connectivity index (χ0v) is 10.9. The van der Waals surface area contributed by atoms with Gasteiger partial charge in [0.2, 0.25) is 0 Å². The number of ether oxygens (including phenoxy) is 1. The van der Waals surface area contributed by atoms with E-state index in [1.165, 1.54) is 18.2 Å². The number of anilines is 1. The molecule has 6 heteroatoms. The number of hydrogen-bond donors (Lipinski definition) is 2. The number of carbonyl (C=O) groups is 2. The Morgan fingerprint density at radius 1 is 1.10 bits per heavy atom. The Morgan fingerprint density at radius 2 is 1.80 bits per heavy atom. The minimum atomic E-state index is -1.13. The Morgan fingerprint density at radius 3 is 2.40 bits per heavy atom. The molecule has 0 atom stereocenters. The lowest BCUT2D eigenvalue weighted by Gasteiger charge is -2.07. The summed E-state index contributed by atoms with van der Waals surface area (Å²) < 4.78 is 5.03. The van der Waals surface area contributed by atoms with Crippen LogP contribution in [0.25, 0.3) is 0 Å². The van der Waals surface area contributed by atoms with Gasteiger partial charge in [0.05, 0.1) is 10.6 Å². The molecule has 1 amide bonds. The van der Waals surface area contributed by atoms with Crippen LogP contribution < -0.4 is 10.1 Å². The SMILES string of the molecule is O=C(Nc1ccc(C(=O)O)c(Cl)c1)Oc1ccccc1. The third-order valence-corrected chi connectivity index (χ3v) is 2.71. The first-order valence-corrected chi connectivity index (χ1v) is 6.01. The number of carboxylic acids is 1. The predicted molar refractivity (Wildman–Crippen MR) is 74.5 cm³/mol. The van der Waals surface area contributed by atoms with Gasteiger partial charge in [-0.25, -0.2) is 9.59 Å². The number of rotatable bonds is 3. The van der Waals surface area contributed by atoms with Gasteiger partial charge >= 0.3 is 12.1 Å². The monoisotopic (exact) mass is 291 g/mol. The first-order chi connectivity index (χ1) is 9.56. The first-order valence-electron chi connectivity index (χ1n) is 5.63. The molecule has 2 N–H and O–H groups in total. The fourth-order valence-corrected chi connectivity index (χ4v) is 1.77. The largest absolute Gasteiger partial charge is 0.478 e. The summed E-state index contributed by atoms with van der Waals surface area (Å²) in [6, 6.07) is 12.6. The van der Waals surface area contributed by atoms with E-state index in [0.29, 0.717) is 11.4 Å². The Bertz CT molecular complexity index is 643. The highest BCUT2D eigenvalue weighted by molar-refractivity contribution is 6.33. The number of benzene rings is 2. The summed E-state index contributed by atoms with van der Waals surface area (Å²) in [5.41, 5.74) is 0.314. The Labute approximate surface area is 119 Å². The van der Waals surface area contributed by atoms with Gasteiger partial charge in [0.1, 0.15) is 5.75 Å². The van der Waals surface area contributed by atoms with E-state index in [1.54, 1.807) is 30.3 Å². The zero-order valence-electron chi connectivity index (χ0n) is 10.2. The molecule has 0 bridgehead atoms. The molecule has 0 saturated carbocycles. The van der Waals surface area contributed by atoms with Crippen molar-refractivity contribution in [3.05, 3.63) is 59.1 Å². The molecule has 2 aromatic rings. The molecule has 102 valence electrons. The maximum absolute atomic E-state index is 11.6. The van der Waals surface area contributed by atoms with Crippen molar-refractivity contribution in [3.8, 4) is 5.75 Å². The Kier molecular flexibility index (Phi) is 4.22. The summed E-state index contributed by atoms with van der Waals surface area (Å²) in [4.78, 5) is 22.4. The molecule has 20 heavy (non-hydrogen) atoms. The molecule has 0 heterocycles. The molecule has 0 aromatic heterocycles. The van der Waals surface area contributed by atoms with Crippen LogP contribution in [0.3, 0.4) is 0 Å². The van der Waals surface area contributed by atoms with Crippen LogP contribution >= 0.6 is 11.6 Å². The first kappa shape index (κ1) is 13.9. The number of carbonyl (C=O) groups excluding carboxylic acids is 1. The summed E-state index contributed by atoms with van der Waals surface area (Å²) in [5, 5.41) is 11.3. The molecule has 0 fully saturated rings. The van der Waals surface area contributed by atoms with Crippen molar-refractivity contribution in [1.82, 2.24) is 0 Å². The van der Waals surface area contributed by atoms with Gasteiger partial charge in [0.15, 0.2) is 0 Å². The third-order valence-electron chi connectivity index (χ3n) is 2.40. The van der Waals surface area contributed by atoms with E-state index >= 15 is 0 Å². The fourth-order valence-electron chi connectivity index (χ4n) is 1.51. The van der Waals surface area contributed by atoms with Crippen LogP contribution in [0.15, 0.2) is 48.5 Å². The van der Waals surface area contributed by atoms with Crippen molar-refractivity contribution in [2.45, 2.75) is 0 Å². The van der Waals surface area contributed by atoms with Crippen molar-refractivity contribution >= 4 is 29.4 Å². The van der Waals surface area contributed by atoms with Gasteiger partial charge in [-0.15, -0.1) is 0 Å². The number of para-hydroxylation sites is 1. The van der Waals surface area contributed by atoms with Gasteiger partial charge in [0, 0.05) is 5.69 Å². The van der Waals surface area contributed by atoms with Crippen LogP contribution in [0.4, 0.5) is 10.5 Å². The molecule has 0 spiro atoms. The van der Waals surface area contributed by atoms with Crippen LogP contribution in [0, 0.1) is 0 Å².